The second-order valence-electron chi connectivity index (χ2n) is 8.46. The molecule has 4 heteroatoms. The van der Waals surface area contributed by atoms with Gasteiger partial charge in [0.05, 0.1) is 0 Å². The molecule has 1 aromatic rings. The van der Waals surface area contributed by atoms with Gasteiger partial charge >= 0.3 is 0 Å². The lowest BCUT2D eigenvalue weighted by molar-refractivity contribution is -0.140. The highest BCUT2D eigenvalue weighted by Gasteiger charge is 2.45. The summed E-state index contributed by atoms with van der Waals surface area (Å²) in [5.41, 5.74) is 1.03. The number of benzene rings is 1. The molecule has 2 saturated carbocycles. The first-order valence-electron chi connectivity index (χ1n) is 10.4. The van der Waals surface area contributed by atoms with Gasteiger partial charge in [-0.25, -0.2) is 0 Å². The van der Waals surface area contributed by atoms with Crippen molar-refractivity contribution in [2.24, 2.45) is 17.8 Å². The Kier molecular flexibility index (Phi) is 5.33. The Balaban J connectivity index is 1.28. The van der Waals surface area contributed by atoms with Gasteiger partial charge in [0, 0.05) is 38.2 Å². The molecule has 3 fully saturated rings. The van der Waals surface area contributed by atoms with Crippen LogP contribution in [0.1, 0.15) is 44.1 Å². The third kappa shape index (κ3) is 4.42. The van der Waals surface area contributed by atoms with Crippen LogP contribution in [0.5, 0.6) is 0 Å². The number of hydrogen-bond donors (Lipinski definition) is 0. The summed E-state index contributed by atoms with van der Waals surface area (Å²) in [6.07, 6.45) is 10.3. The molecule has 0 unspecified atom stereocenters. The SMILES string of the molecule is CN(C(=O)C1CCN(C(=O)/C=C/c2ccccc2)CC1)C(C1CC1)C1CC1. The van der Waals surface area contributed by atoms with E-state index in [2.05, 4.69) is 4.90 Å². The maximum atomic E-state index is 13.0. The monoisotopic (exact) mass is 366 g/mol. The number of rotatable bonds is 6. The molecule has 0 aromatic heterocycles. The minimum absolute atomic E-state index is 0.0481. The summed E-state index contributed by atoms with van der Waals surface area (Å²) in [7, 11) is 2.02. The maximum absolute atomic E-state index is 13.0. The van der Waals surface area contributed by atoms with Crippen molar-refractivity contribution in [3.8, 4) is 0 Å². The van der Waals surface area contributed by atoms with Crippen molar-refractivity contribution < 1.29 is 9.59 Å². The first-order valence-corrected chi connectivity index (χ1v) is 10.4. The predicted molar refractivity (Wildman–Crippen MR) is 107 cm³/mol. The lowest BCUT2D eigenvalue weighted by atomic mass is 9.93. The van der Waals surface area contributed by atoms with E-state index in [4.69, 9.17) is 0 Å². The predicted octanol–water partition coefficient (Wildman–Crippen LogP) is 3.59. The summed E-state index contributed by atoms with van der Waals surface area (Å²) in [5, 5.41) is 0. The Morgan fingerprint density at radius 1 is 1.00 bits per heavy atom. The molecule has 144 valence electrons. The third-order valence-electron chi connectivity index (χ3n) is 6.38. The molecule has 1 saturated heterocycles. The van der Waals surface area contributed by atoms with Crippen LogP contribution in [-0.4, -0.2) is 47.8 Å². The normalized spacial score (nSPS) is 21.0. The number of amides is 2. The van der Waals surface area contributed by atoms with E-state index in [0.29, 0.717) is 25.0 Å². The molecule has 0 spiro atoms. The van der Waals surface area contributed by atoms with E-state index in [1.54, 1.807) is 6.08 Å². The van der Waals surface area contributed by atoms with Gasteiger partial charge in [-0.05, 0) is 62.0 Å². The van der Waals surface area contributed by atoms with E-state index < -0.39 is 0 Å². The van der Waals surface area contributed by atoms with Crippen LogP contribution < -0.4 is 0 Å². The van der Waals surface area contributed by atoms with Gasteiger partial charge in [0.2, 0.25) is 11.8 Å². The van der Waals surface area contributed by atoms with Crippen LogP contribution in [0.3, 0.4) is 0 Å². The molecular weight excluding hydrogens is 336 g/mol. The van der Waals surface area contributed by atoms with Crippen molar-refractivity contribution in [3.63, 3.8) is 0 Å². The Morgan fingerprint density at radius 2 is 1.59 bits per heavy atom. The highest BCUT2D eigenvalue weighted by Crippen LogP contribution is 2.47. The van der Waals surface area contributed by atoms with Gasteiger partial charge in [-0.3, -0.25) is 9.59 Å². The summed E-state index contributed by atoms with van der Waals surface area (Å²) < 4.78 is 0. The van der Waals surface area contributed by atoms with E-state index in [0.717, 1.165) is 30.2 Å². The standard InChI is InChI=1S/C23H30N2O2/c1-24(22(18-8-9-18)19-10-11-19)23(27)20-13-15-25(16-14-20)21(26)12-7-17-5-3-2-4-6-17/h2-7,12,18-20,22H,8-11,13-16H2,1H3/b12-7+. The summed E-state index contributed by atoms with van der Waals surface area (Å²) in [6.45, 7) is 1.36. The van der Waals surface area contributed by atoms with Gasteiger partial charge in [0.1, 0.15) is 0 Å². The number of likely N-dealkylation sites (tertiary alicyclic amines) is 1. The highest BCUT2D eigenvalue weighted by molar-refractivity contribution is 5.92. The van der Waals surface area contributed by atoms with Crippen molar-refractivity contribution in [1.82, 2.24) is 9.80 Å². The molecule has 2 amide bonds. The zero-order valence-corrected chi connectivity index (χ0v) is 16.2. The number of piperidine rings is 1. The largest absolute Gasteiger partial charge is 0.342 e. The summed E-state index contributed by atoms with van der Waals surface area (Å²) >= 11 is 0. The van der Waals surface area contributed by atoms with Crippen LogP contribution in [0, 0.1) is 17.8 Å². The van der Waals surface area contributed by atoms with E-state index >= 15 is 0 Å². The molecule has 2 aliphatic carbocycles. The van der Waals surface area contributed by atoms with Crippen LogP contribution in [0.2, 0.25) is 0 Å². The fourth-order valence-corrected chi connectivity index (χ4v) is 4.51. The Morgan fingerprint density at radius 3 is 2.15 bits per heavy atom. The van der Waals surface area contributed by atoms with Gasteiger partial charge in [-0.2, -0.15) is 0 Å². The average molecular weight is 367 g/mol. The first kappa shape index (κ1) is 18.3. The topological polar surface area (TPSA) is 40.6 Å². The van der Waals surface area contributed by atoms with Gasteiger partial charge in [-0.15, -0.1) is 0 Å². The molecule has 0 radical (unpaired) electrons. The molecule has 1 aliphatic heterocycles. The maximum Gasteiger partial charge on any atom is 0.246 e. The number of hydrogen-bond acceptors (Lipinski definition) is 2. The molecule has 1 aromatic carbocycles. The van der Waals surface area contributed by atoms with E-state index in [9.17, 15) is 9.59 Å². The Bertz CT molecular complexity index is 686. The van der Waals surface area contributed by atoms with Crippen LogP contribution in [0.4, 0.5) is 0 Å². The molecule has 4 rings (SSSR count). The first-order chi connectivity index (χ1) is 13.1. The van der Waals surface area contributed by atoms with Crippen LogP contribution >= 0.6 is 0 Å². The molecule has 0 N–H and O–H groups in total. The molecule has 0 bridgehead atoms. The van der Waals surface area contributed by atoms with Crippen LogP contribution in [0.15, 0.2) is 36.4 Å². The zero-order chi connectivity index (χ0) is 18.8. The fraction of sp³-hybridized carbons (Fsp3) is 0.565. The molecule has 27 heavy (non-hydrogen) atoms. The summed E-state index contributed by atoms with van der Waals surface area (Å²) in [6, 6.07) is 10.4. The summed E-state index contributed by atoms with van der Waals surface area (Å²) in [5.74, 6) is 1.93. The van der Waals surface area contributed by atoms with Gasteiger partial charge in [0.25, 0.3) is 0 Å². The van der Waals surface area contributed by atoms with Gasteiger partial charge in [-0.1, -0.05) is 30.3 Å². The molecule has 3 aliphatic rings. The molecule has 0 atom stereocenters. The molecule has 4 nitrogen and oxygen atoms in total. The second kappa shape index (κ2) is 7.87. The summed E-state index contributed by atoms with van der Waals surface area (Å²) in [4.78, 5) is 29.4. The van der Waals surface area contributed by atoms with E-state index in [1.165, 1.54) is 25.7 Å². The van der Waals surface area contributed by atoms with E-state index in [-0.39, 0.29) is 11.8 Å². The van der Waals surface area contributed by atoms with Crippen LogP contribution in [0.25, 0.3) is 6.08 Å². The van der Waals surface area contributed by atoms with Crippen molar-refractivity contribution in [2.75, 3.05) is 20.1 Å². The highest BCUT2D eigenvalue weighted by atomic mass is 16.2. The smallest absolute Gasteiger partial charge is 0.246 e. The number of carbonyl (C=O) groups is 2. The van der Waals surface area contributed by atoms with Crippen LogP contribution in [-0.2, 0) is 9.59 Å². The quantitative estimate of drug-likeness (QED) is 0.722. The third-order valence-corrected chi connectivity index (χ3v) is 6.38. The lowest BCUT2D eigenvalue weighted by Crippen LogP contribution is -2.47. The molecular formula is C23H30N2O2. The second-order valence-corrected chi connectivity index (χ2v) is 8.46. The lowest BCUT2D eigenvalue weighted by Gasteiger charge is -2.36. The van der Waals surface area contributed by atoms with Crippen molar-refractivity contribution in [1.29, 1.82) is 0 Å². The minimum atomic E-state index is 0.0481. The Labute approximate surface area is 162 Å². The van der Waals surface area contributed by atoms with Crippen molar-refractivity contribution >= 4 is 17.9 Å². The van der Waals surface area contributed by atoms with E-state index in [1.807, 2.05) is 48.4 Å². The fourth-order valence-electron chi connectivity index (χ4n) is 4.51. The Hall–Kier alpha value is -2.10. The van der Waals surface area contributed by atoms with Gasteiger partial charge in [0.15, 0.2) is 0 Å². The van der Waals surface area contributed by atoms with Crippen molar-refractivity contribution in [3.05, 3.63) is 42.0 Å². The zero-order valence-electron chi connectivity index (χ0n) is 16.2. The minimum Gasteiger partial charge on any atom is -0.342 e. The number of carbonyl (C=O) groups excluding carboxylic acids is 2. The average Bonchev–Trinajstić information content (AvgIpc) is 3.62. The molecule has 1 heterocycles. The number of nitrogens with zero attached hydrogens (tertiary/aromatic N) is 2. The van der Waals surface area contributed by atoms with Crippen molar-refractivity contribution in [2.45, 2.75) is 44.6 Å². The van der Waals surface area contributed by atoms with Gasteiger partial charge < -0.3 is 9.80 Å².